The van der Waals surface area contributed by atoms with Gasteiger partial charge in [0.25, 0.3) is 0 Å². The summed E-state index contributed by atoms with van der Waals surface area (Å²) in [7, 11) is -3.38. The number of ether oxygens (including phenoxy) is 1. The molecule has 21 heavy (non-hydrogen) atoms. The largest absolute Gasteiger partial charge is 0.378 e. The summed E-state index contributed by atoms with van der Waals surface area (Å²) in [5.74, 6) is -0.115. The highest BCUT2D eigenvalue weighted by atomic mass is 32.2. The molecule has 1 aliphatic rings. The van der Waals surface area contributed by atoms with E-state index in [9.17, 15) is 8.42 Å². The van der Waals surface area contributed by atoms with Crippen molar-refractivity contribution in [3.63, 3.8) is 0 Å². The molecule has 1 heterocycles. The quantitative estimate of drug-likeness (QED) is 0.833. The van der Waals surface area contributed by atoms with Crippen LogP contribution in [0.3, 0.4) is 0 Å². The Morgan fingerprint density at radius 1 is 1.33 bits per heavy atom. The normalized spacial score (nSPS) is 17.5. The highest BCUT2D eigenvalue weighted by Crippen LogP contribution is 2.20. The van der Waals surface area contributed by atoms with Crippen LogP contribution in [-0.2, 0) is 20.5 Å². The second kappa shape index (κ2) is 7.03. The Hall–Kier alpha value is -1.42. The Bertz CT molecular complexity index is 614. The number of rotatable bonds is 5. The van der Waals surface area contributed by atoms with E-state index >= 15 is 0 Å². The summed E-state index contributed by atoms with van der Waals surface area (Å²) in [4.78, 5) is 0. The highest BCUT2D eigenvalue weighted by Gasteiger charge is 2.28. The van der Waals surface area contributed by atoms with Gasteiger partial charge in [-0.3, -0.25) is 0 Å². The van der Waals surface area contributed by atoms with Gasteiger partial charge >= 0.3 is 0 Å². The van der Waals surface area contributed by atoms with E-state index in [1.54, 1.807) is 24.3 Å². The van der Waals surface area contributed by atoms with Crippen LogP contribution in [0.2, 0.25) is 0 Å². The van der Waals surface area contributed by atoms with Crippen molar-refractivity contribution in [3.8, 4) is 6.07 Å². The molecule has 0 spiro atoms. The Labute approximate surface area is 126 Å². The van der Waals surface area contributed by atoms with Crippen molar-refractivity contribution in [2.24, 2.45) is 0 Å². The molecular formula is C15H20N2O3S. The van der Waals surface area contributed by atoms with Crippen LogP contribution >= 0.6 is 0 Å². The van der Waals surface area contributed by atoms with E-state index in [1.807, 2.05) is 13.0 Å². The van der Waals surface area contributed by atoms with Crippen LogP contribution in [-0.4, -0.2) is 38.5 Å². The fourth-order valence-corrected chi connectivity index (χ4v) is 4.15. The minimum absolute atomic E-state index is 0.115. The average molecular weight is 308 g/mol. The lowest BCUT2D eigenvalue weighted by molar-refractivity contribution is 0.0290. The van der Waals surface area contributed by atoms with Crippen LogP contribution < -0.4 is 0 Å². The van der Waals surface area contributed by atoms with Crippen molar-refractivity contribution >= 4 is 10.0 Å². The molecule has 0 aromatic heterocycles. The molecule has 0 aliphatic carbocycles. The van der Waals surface area contributed by atoms with Crippen LogP contribution in [0, 0.1) is 11.3 Å². The van der Waals surface area contributed by atoms with E-state index in [0.717, 1.165) is 12.8 Å². The predicted octanol–water partition coefficient (Wildman–Crippen LogP) is 1.89. The SMILES string of the molecule is CCOC1CCN(S(=O)(=O)Cc2ccccc2C#N)CC1. The lowest BCUT2D eigenvalue weighted by atomic mass is 10.1. The minimum Gasteiger partial charge on any atom is -0.378 e. The molecule has 0 radical (unpaired) electrons. The summed E-state index contributed by atoms with van der Waals surface area (Å²) in [6.45, 7) is 3.58. The van der Waals surface area contributed by atoms with Crippen LogP contribution in [0.4, 0.5) is 0 Å². The Kier molecular flexibility index (Phi) is 5.34. The minimum atomic E-state index is -3.38. The van der Waals surface area contributed by atoms with Gasteiger partial charge in [-0.25, -0.2) is 12.7 Å². The van der Waals surface area contributed by atoms with E-state index in [-0.39, 0.29) is 11.9 Å². The molecular weight excluding hydrogens is 288 g/mol. The number of nitriles is 1. The molecule has 1 fully saturated rings. The third kappa shape index (κ3) is 4.03. The lowest BCUT2D eigenvalue weighted by Crippen LogP contribution is -2.41. The van der Waals surface area contributed by atoms with E-state index < -0.39 is 10.0 Å². The standard InChI is InChI=1S/C15H20N2O3S/c1-2-20-15-7-9-17(10-8-15)21(18,19)12-14-6-4-3-5-13(14)11-16/h3-6,15H,2,7-10,12H2,1H3. The van der Waals surface area contributed by atoms with Gasteiger partial charge < -0.3 is 4.74 Å². The van der Waals surface area contributed by atoms with Gasteiger partial charge in [-0.2, -0.15) is 5.26 Å². The fourth-order valence-electron chi connectivity index (χ4n) is 2.56. The number of sulfonamides is 1. The summed E-state index contributed by atoms with van der Waals surface area (Å²) < 4.78 is 32.0. The van der Waals surface area contributed by atoms with Gasteiger partial charge in [0.05, 0.1) is 23.5 Å². The van der Waals surface area contributed by atoms with Crippen molar-refractivity contribution in [1.29, 1.82) is 5.26 Å². The van der Waals surface area contributed by atoms with Gasteiger partial charge in [0.1, 0.15) is 0 Å². The first-order chi connectivity index (χ1) is 10.1. The van der Waals surface area contributed by atoms with Crippen molar-refractivity contribution < 1.29 is 13.2 Å². The molecule has 0 bridgehead atoms. The number of nitrogens with zero attached hydrogens (tertiary/aromatic N) is 2. The first-order valence-corrected chi connectivity index (χ1v) is 8.75. The van der Waals surface area contributed by atoms with Crippen molar-refractivity contribution in [2.75, 3.05) is 19.7 Å². The molecule has 2 rings (SSSR count). The first kappa shape index (κ1) is 16.0. The molecule has 0 atom stereocenters. The van der Waals surface area contributed by atoms with Crippen molar-refractivity contribution in [2.45, 2.75) is 31.6 Å². The average Bonchev–Trinajstić information content (AvgIpc) is 2.48. The second-order valence-corrected chi connectivity index (χ2v) is 7.05. The van der Waals surface area contributed by atoms with Crippen molar-refractivity contribution in [1.82, 2.24) is 4.31 Å². The van der Waals surface area contributed by atoms with Crippen LogP contribution in [0.25, 0.3) is 0 Å². The monoisotopic (exact) mass is 308 g/mol. The van der Waals surface area contributed by atoms with Crippen LogP contribution in [0.15, 0.2) is 24.3 Å². The molecule has 0 saturated carbocycles. The number of hydrogen-bond acceptors (Lipinski definition) is 4. The molecule has 0 unspecified atom stereocenters. The van der Waals surface area contributed by atoms with Crippen LogP contribution in [0.1, 0.15) is 30.9 Å². The molecule has 114 valence electrons. The fraction of sp³-hybridized carbons (Fsp3) is 0.533. The maximum atomic E-state index is 12.5. The maximum absolute atomic E-state index is 12.5. The summed E-state index contributed by atoms with van der Waals surface area (Å²) in [5, 5.41) is 9.04. The smallest absolute Gasteiger partial charge is 0.218 e. The summed E-state index contributed by atoms with van der Waals surface area (Å²) in [6.07, 6.45) is 1.62. The number of hydrogen-bond donors (Lipinski definition) is 0. The maximum Gasteiger partial charge on any atom is 0.218 e. The highest BCUT2D eigenvalue weighted by molar-refractivity contribution is 7.88. The van der Waals surface area contributed by atoms with Gasteiger partial charge in [-0.1, -0.05) is 18.2 Å². The van der Waals surface area contributed by atoms with Crippen LogP contribution in [0.5, 0.6) is 0 Å². The summed E-state index contributed by atoms with van der Waals surface area (Å²) in [5.41, 5.74) is 0.984. The Balaban J connectivity index is 2.05. The molecule has 1 aromatic carbocycles. The summed E-state index contributed by atoms with van der Waals surface area (Å²) in [6, 6.07) is 8.88. The zero-order valence-corrected chi connectivity index (χ0v) is 13.0. The van der Waals surface area contributed by atoms with Gasteiger partial charge in [-0.05, 0) is 31.4 Å². The molecule has 1 saturated heterocycles. The molecule has 0 amide bonds. The molecule has 5 nitrogen and oxygen atoms in total. The van der Waals surface area contributed by atoms with E-state index in [0.29, 0.717) is 30.8 Å². The Morgan fingerprint density at radius 3 is 2.62 bits per heavy atom. The molecule has 1 aliphatic heterocycles. The third-order valence-corrected chi connectivity index (χ3v) is 5.50. The van der Waals surface area contributed by atoms with Gasteiger partial charge in [0, 0.05) is 19.7 Å². The first-order valence-electron chi connectivity index (χ1n) is 7.14. The zero-order valence-electron chi connectivity index (χ0n) is 12.2. The van der Waals surface area contributed by atoms with Gasteiger partial charge in [0.2, 0.25) is 10.0 Å². The van der Waals surface area contributed by atoms with Gasteiger partial charge in [0.15, 0.2) is 0 Å². The van der Waals surface area contributed by atoms with Gasteiger partial charge in [-0.15, -0.1) is 0 Å². The van der Waals surface area contributed by atoms with Crippen molar-refractivity contribution in [3.05, 3.63) is 35.4 Å². The lowest BCUT2D eigenvalue weighted by Gasteiger charge is -2.31. The third-order valence-electron chi connectivity index (χ3n) is 3.67. The zero-order chi connectivity index (χ0) is 15.3. The Morgan fingerprint density at radius 2 is 2.00 bits per heavy atom. The number of benzene rings is 1. The number of piperidine rings is 1. The molecule has 6 heteroatoms. The molecule has 0 N–H and O–H groups in total. The summed E-state index contributed by atoms with van der Waals surface area (Å²) >= 11 is 0. The van der Waals surface area contributed by atoms with E-state index in [2.05, 4.69) is 0 Å². The predicted molar refractivity (Wildman–Crippen MR) is 80.0 cm³/mol. The second-order valence-electron chi connectivity index (χ2n) is 5.08. The van der Waals surface area contributed by atoms with E-state index in [1.165, 1.54) is 4.31 Å². The topological polar surface area (TPSA) is 70.4 Å². The van der Waals surface area contributed by atoms with E-state index in [4.69, 9.17) is 10.00 Å². The molecule has 1 aromatic rings.